The Labute approximate surface area is 238 Å². The van der Waals surface area contributed by atoms with Crippen molar-refractivity contribution in [3.05, 3.63) is 35.4 Å². The lowest BCUT2D eigenvalue weighted by molar-refractivity contribution is -0.143. The van der Waals surface area contributed by atoms with Crippen LogP contribution < -0.4 is 0 Å². The highest BCUT2D eigenvalue weighted by atomic mass is 19.1. The predicted molar refractivity (Wildman–Crippen MR) is 151 cm³/mol. The summed E-state index contributed by atoms with van der Waals surface area (Å²) in [4.78, 5) is 34.3. The molecule has 2 amide bonds. The van der Waals surface area contributed by atoms with Gasteiger partial charge in [-0.05, 0) is 76.3 Å². The summed E-state index contributed by atoms with van der Waals surface area (Å²) in [5.41, 5.74) is 0.523. The van der Waals surface area contributed by atoms with Crippen LogP contribution >= 0.6 is 0 Å². The van der Waals surface area contributed by atoms with Crippen LogP contribution in [0.3, 0.4) is 0 Å². The first-order valence-electron chi connectivity index (χ1n) is 15.2. The second kappa shape index (κ2) is 11.3. The maximum absolute atomic E-state index is 15.0. The summed E-state index contributed by atoms with van der Waals surface area (Å²) in [5.74, 6) is -1.85. The zero-order chi connectivity index (χ0) is 28.8. The first-order chi connectivity index (χ1) is 18.8. The molecule has 4 atom stereocenters. The first-order valence-corrected chi connectivity index (χ1v) is 15.2. The molecule has 40 heavy (non-hydrogen) atoms. The Balaban J connectivity index is 1.35. The van der Waals surface area contributed by atoms with Crippen LogP contribution in [0.1, 0.15) is 84.6 Å². The van der Waals surface area contributed by atoms with E-state index >= 15 is 0 Å². The highest BCUT2D eigenvalue weighted by Crippen LogP contribution is 2.41. The third-order valence-corrected chi connectivity index (χ3v) is 10.1. The van der Waals surface area contributed by atoms with Gasteiger partial charge in [-0.1, -0.05) is 19.9 Å². The third-order valence-electron chi connectivity index (χ3n) is 10.1. The molecule has 6 nitrogen and oxygen atoms in total. The van der Waals surface area contributed by atoms with E-state index in [1.807, 2.05) is 4.90 Å². The Bertz CT molecular complexity index is 1090. The molecule has 3 heterocycles. The molecule has 1 saturated carbocycles. The number of carbonyl (C=O) groups is 2. The van der Waals surface area contributed by atoms with Crippen molar-refractivity contribution in [1.29, 1.82) is 0 Å². The summed E-state index contributed by atoms with van der Waals surface area (Å²) in [7, 11) is 0. The molecular formula is C32H47F2N3O3. The van der Waals surface area contributed by atoms with Gasteiger partial charge in [0.05, 0.1) is 24.5 Å². The Hall–Kier alpha value is -2.06. The van der Waals surface area contributed by atoms with E-state index in [1.165, 1.54) is 12.1 Å². The van der Waals surface area contributed by atoms with Crippen LogP contribution in [0.2, 0.25) is 0 Å². The quantitative estimate of drug-likeness (QED) is 0.497. The molecule has 8 heteroatoms. The fourth-order valence-electron chi connectivity index (χ4n) is 7.38. The molecule has 0 radical (unpaired) electrons. The van der Waals surface area contributed by atoms with E-state index in [2.05, 4.69) is 44.4 Å². The summed E-state index contributed by atoms with van der Waals surface area (Å²) in [5, 5.41) is 0. The fourth-order valence-corrected chi connectivity index (χ4v) is 7.38. The van der Waals surface area contributed by atoms with Gasteiger partial charge in [0.2, 0.25) is 11.8 Å². The summed E-state index contributed by atoms with van der Waals surface area (Å²) in [6, 6.07) is 3.90. The van der Waals surface area contributed by atoms with Gasteiger partial charge in [0, 0.05) is 56.4 Å². The summed E-state index contributed by atoms with van der Waals surface area (Å²) in [6.45, 7) is 14.2. The predicted octanol–water partition coefficient (Wildman–Crippen LogP) is 5.21. The molecular weight excluding hydrogens is 512 g/mol. The van der Waals surface area contributed by atoms with Gasteiger partial charge in [-0.15, -0.1) is 0 Å². The van der Waals surface area contributed by atoms with E-state index in [0.29, 0.717) is 50.4 Å². The van der Waals surface area contributed by atoms with E-state index < -0.39 is 17.6 Å². The van der Waals surface area contributed by atoms with Gasteiger partial charge in [-0.25, -0.2) is 8.78 Å². The highest BCUT2D eigenvalue weighted by Gasteiger charge is 2.47. The van der Waals surface area contributed by atoms with Crippen molar-refractivity contribution in [2.45, 2.75) is 96.7 Å². The molecule has 4 fully saturated rings. The van der Waals surface area contributed by atoms with Crippen molar-refractivity contribution >= 4 is 11.8 Å². The molecule has 5 rings (SSSR count). The van der Waals surface area contributed by atoms with Crippen LogP contribution in [0.25, 0.3) is 0 Å². The maximum atomic E-state index is 15.0. The molecule has 3 aliphatic heterocycles. The zero-order valence-electron chi connectivity index (χ0n) is 24.9. The molecule has 0 N–H and O–H groups in total. The average Bonchev–Trinajstić information content (AvgIpc) is 3.65. The molecule has 4 aliphatic rings. The van der Waals surface area contributed by atoms with Gasteiger partial charge < -0.3 is 14.5 Å². The average molecular weight is 560 g/mol. The lowest BCUT2D eigenvalue weighted by atomic mass is 9.75. The molecule has 0 spiro atoms. The number of ether oxygens (including phenoxy) is 1. The van der Waals surface area contributed by atoms with Crippen LogP contribution in [0.4, 0.5) is 8.78 Å². The van der Waals surface area contributed by atoms with E-state index in [1.54, 1.807) is 0 Å². The Morgan fingerprint density at radius 1 is 1.00 bits per heavy atom. The summed E-state index contributed by atoms with van der Waals surface area (Å²) in [6.07, 6.45) is 5.69. The SMILES string of the molecule is CC1(C)CCC(N(C(=O)C2CCOC2)[C@H]2CCN(C(=O)[C@@H]3CN(C(C)(C)C)C[C@H]3c3ccc(F)cc3F)C2)CC1. The lowest BCUT2D eigenvalue weighted by Crippen LogP contribution is -2.52. The zero-order valence-corrected chi connectivity index (χ0v) is 24.9. The molecule has 0 aromatic heterocycles. The highest BCUT2D eigenvalue weighted by molar-refractivity contribution is 5.82. The number of carbonyl (C=O) groups excluding carboxylic acids is 2. The van der Waals surface area contributed by atoms with Gasteiger partial charge in [-0.2, -0.15) is 0 Å². The second-order valence-corrected chi connectivity index (χ2v) is 14.4. The van der Waals surface area contributed by atoms with Crippen molar-refractivity contribution in [3.8, 4) is 0 Å². The second-order valence-electron chi connectivity index (χ2n) is 14.4. The third kappa shape index (κ3) is 6.08. The number of likely N-dealkylation sites (tertiary alicyclic amines) is 2. The number of hydrogen-bond acceptors (Lipinski definition) is 4. The Morgan fingerprint density at radius 3 is 2.35 bits per heavy atom. The fraction of sp³-hybridized carbons (Fsp3) is 0.750. The Kier molecular flexibility index (Phi) is 8.33. The standard InChI is InChI=1S/C32H47F2N3O3/c1-31(2,3)36-18-26(25-7-6-22(33)16-28(25)34)27(19-36)30(39)35-14-10-24(17-35)37(29(38)21-11-15-40-20-21)23-8-12-32(4,5)13-9-23/h6-7,16,21,23-24,26-27H,8-15,17-20H2,1-5H3/t21?,24-,26-,27+/m0/s1. The molecule has 222 valence electrons. The minimum Gasteiger partial charge on any atom is -0.381 e. The van der Waals surface area contributed by atoms with Crippen molar-refractivity contribution in [2.75, 3.05) is 39.4 Å². The monoisotopic (exact) mass is 559 g/mol. The molecule has 1 aliphatic carbocycles. The van der Waals surface area contributed by atoms with Gasteiger partial charge in [0.25, 0.3) is 0 Å². The minimum atomic E-state index is -0.610. The van der Waals surface area contributed by atoms with Gasteiger partial charge in [0.1, 0.15) is 11.6 Å². The molecule has 1 unspecified atom stereocenters. The van der Waals surface area contributed by atoms with E-state index in [0.717, 1.165) is 44.6 Å². The van der Waals surface area contributed by atoms with Crippen LogP contribution in [-0.2, 0) is 14.3 Å². The number of benzene rings is 1. The van der Waals surface area contributed by atoms with Gasteiger partial charge >= 0.3 is 0 Å². The number of halogens is 2. The number of rotatable bonds is 5. The first kappa shape index (κ1) is 29.4. The van der Waals surface area contributed by atoms with Crippen LogP contribution in [0.15, 0.2) is 18.2 Å². The van der Waals surface area contributed by atoms with E-state index in [-0.39, 0.29) is 41.3 Å². The van der Waals surface area contributed by atoms with Crippen LogP contribution in [0.5, 0.6) is 0 Å². The maximum Gasteiger partial charge on any atom is 0.228 e. The smallest absolute Gasteiger partial charge is 0.228 e. The minimum absolute atomic E-state index is 0.00982. The number of nitrogens with zero attached hydrogens (tertiary/aromatic N) is 3. The number of amides is 2. The Morgan fingerprint density at radius 2 is 1.73 bits per heavy atom. The van der Waals surface area contributed by atoms with Crippen molar-refractivity contribution in [3.63, 3.8) is 0 Å². The van der Waals surface area contributed by atoms with Crippen LogP contribution in [-0.4, -0.2) is 83.5 Å². The van der Waals surface area contributed by atoms with Crippen molar-refractivity contribution in [2.24, 2.45) is 17.3 Å². The van der Waals surface area contributed by atoms with Crippen molar-refractivity contribution in [1.82, 2.24) is 14.7 Å². The van der Waals surface area contributed by atoms with Gasteiger partial charge in [0.15, 0.2) is 0 Å². The molecule has 1 aromatic carbocycles. The van der Waals surface area contributed by atoms with Crippen molar-refractivity contribution < 1.29 is 23.1 Å². The normalized spacial score (nSPS) is 29.7. The summed E-state index contributed by atoms with van der Waals surface area (Å²) < 4.78 is 34.3. The number of hydrogen-bond donors (Lipinski definition) is 0. The topological polar surface area (TPSA) is 53.1 Å². The van der Waals surface area contributed by atoms with E-state index in [9.17, 15) is 18.4 Å². The van der Waals surface area contributed by atoms with Gasteiger partial charge in [-0.3, -0.25) is 14.5 Å². The molecule has 0 bridgehead atoms. The summed E-state index contributed by atoms with van der Waals surface area (Å²) >= 11 is 0. The molecule has 3 saturated heterocycles. The lowest BCUT2D eigenvalue weighted by Gasteiger charge is -2.43. The largest absolute Gasteiger partial charge is 0.381 e. The van der Waals surface area contributed by atoms with E-state index in [4.69, 9.17) is 4.74 Å². The molecule has 1 aromatic rings. The van der Waals surface area contributed by atoms with Crippen LogP contribution in [0, 0.1) is 28.9 Å².